The van der Waals surface area contributed by atoms with Gasteiger partial charge in [-0.15, -0.1) is 11.3 Å². The number of hydrogen-bond donors (Lipinski definition) is 1. The lowest BCUT2D eigenvalue weighted by Crippen LogP contribution is -2.14. The number of carbonyl (C=O) groups excluding carboxylic acids is 2. The van der Waals surface area contributed by atoms with Crippen LogP contribution in [0.15, 0.2) is 82.5 Å². The summed E-state index contributed by atoms with van der Waals surface area (Å²) >= 11 is 2.77. The minimum Gasteiger partial charge on any atom is -0.457 e. The maximum absolute atomic E-state index is 12.5. The number of Topliss-reactive ketones (excluding diaryl/α,β-unsaturated/α-hetero) is 1. The van der Waals surface area contributed by atoms with Gasteiger partial charge >= 0.3 is 0 Å². The number of carbonyl (C=O) groups is 2. The first-order chi connectivity index (χ1) is 17.1. The third-order valence-electron chi connectivity index (χ3n) is 5.01. The molecule has 0 saturated carbocycles. The summed E-state index contributed by atoms with van der Waals surface area (Å²) in [5, 5.41) is 4.71. The fourth-order valence-corrected chi connectivity index (χ4v) is 5.06. The van der Waals surface area contributed by atoms with Crippen molar-refractivity contribution in [3.8, 4) is 23.0 Å². The lowest BCUT2D eigenvalue weighted by atomic mass is 10.1. The number of ketones is 1. The van der Waals surface area contributed by atoms with Crippen molar-refractivity contribution in [2.24, 2.45) is 0 Å². The van der Waals surface area contributed by atoms with Crippen molar-refractivity contribution in [1.82, 2.24) is 4.98 Å². The van der Waals surface area contributed by atoms with E-state index in [0.29, 0.717) is 34.2 Å². The molecule has 0 atom stereocenters. The number of benzene rings is 3. The predicted octanol–water partition coefficient (Wildman–Crippen LogP) is 5.82. The molecule has 1 aromatic heterocycles. The van der Waals surface area contributed by atoms with Crippen LogP contribution in [0.1, 0.15) is 16.1 Å². The molecule has 4 aromatic rings. The van der Waals surface area contributed by atoms with Crippen LogP contribution in [0.25, 0.3) is 0 Å². The first kappa shape index (κ1) is 22.9. The van der Waals surface area contributed by atoms with E-state index >= 15 is 0 Å². The van der Waals surface area contributed by atoms with Crippen molar-refractivity contribution in [2.75, 3.05) is 17.9 Å². The van der Waals surface area contributed by atoms with Crippen LogP contribution in [0.4, 0.5) is 5.69 Å². The quantitative estimate of drug-likeness (QED) is 0.227. The number of rotatable bonds is 9. The third-order valence-corrected chi connectivity index (χ3v) is 7.08. The molecule has 1 aliphatic heterocycles. The molecule has 0 aliphatic carbocycles. The van der Waals surface area contributed by atoms with E-state index in [1.165, 1.54) is 23.1 Å². The second-order valence-electron chi connectivity index (χ2n) is 7.55. The van der Waals surface area contributed by atoms with Crippen LogP contribution < -0.4 is 19.5 Å². The van der Waals surface area contributed by atoms with Gasteiger partial charge in [0.1, 0.15) is 11.5 Å². The van der Waals surface area contributed by atoms with Crippen molar-refractivity contribution in [2.45, 2.75) is 10.8 Å². The largest absolute Gasteiger partial charge is 0.457 e. The Kier molecular flexibility index (Phi) is 6.97. The Hall–Kier alpha value is -3.82. The molecule has 7 nitrogen and oxygen atoms in total. The van der Waals surface area contributed by atoms with E-state index in [0.717, 1.165) is 10.1 Å². The van der Waals surface area contributed by atoms with Gasteiger partial charge in [0.25, 0.3) is 0 Å². The monoisotopic (exact) mass is 504 g/mol. The average Bonchev–Trinajstić information content (AvgIpc) is 3.53. The number of hydrogen-bond acceptors (Lipinski definition) is 8. The lowest BCUT2D eigenvalue weighted by Gasteiger charge is -2.07. The molecule has 1 N–H and O–H groups in total. The first-order valence-corrected chi connectivity index (χ1v) is 12.6. The summed E-state index contributed by atoms with van der Waals surface area (Å²) in [6.07, 6.45) is 0.148. The fraction of sp³-hybridized carbons (Fsp3) is 0.115. The average molecular weight is 505 g/mol. The van der Waals surface area contributed by atoms with Gasteiger partial charge in [-0.05, 0) is 54.6 Å². The van der Waals surface area contributed by atoms with Gasteiger partial charge in [-0.2, -0.15) is 0 Å². The Morgan fingerprint density at radius 2 is 1.74 bits per heavy atom. The molecule has 176 valence electrons. The Labute approximate surface area is 210 Å². The smallest absolute Gasteiger partial charge is 0.231 e. The molecule has 0 saturated heterocycles. The van der Waals surface area contributed by atoms with Gasteiger partial charge in [0.05, 0.1) is 17.9 Å². The van der Waals surface area contributed by atoms with E-state index in [4.69, 9.17) is 14.2 Å². The number of fused-ring (bicyclic) bond motifs is 1. The Balaban J connectivity index is 1.10. The van der Waals surface area contributed by atoms with E-state index in [1.807, 2.05) is 35.7 Å². The topological polar surface area (TPSA) is 86.8 Å². The van der Waals surface area contributed by atoms with Gasteiger partial charge in [0, 0.05) is 16.6 Å². The van der Waals surface area contributed by atoms with Crippen LogP contribution in [0, 0.1) is 0 Å². The van der Waals surface area contributed by atoms with Gasteiger partial charge < -0.3 is 19.5 Å². The summed E-state index contributed by atoms with van der Waals surface area (Å²) in [5.74, 6) is 2.72. The normalized spacial score (nSPS) is 11.8. The standard InChI is InChI=1S/C26H20N2O5S2/c29-22(17-6-11-23-24(12-17)32-16-31-23)15-35-26-28-19(14-34-26)13-25(30)27-18-7-9-21(10-8-18)33-20-4-2-1-3-5-20/h1-12,14H,13,15-16H2,(H,27,30). The highest BCUT2D eigenvalue weighted by Crippen LogP contribution is 2.33. The summed E-state index contributed by atoms with van der Waals surface area (Å²) in [5.41, 5.74) is 1.90. The van der Waals surface area contributed by atoms with E-state index in [-0.39, 0.29) is 30.7 Å². The van der Waals surface area contributed by atoms with Crippen LogP contribution in [0.5, 0.6) is 23.0 Å². The summed E-state index contributed by atoms with van der Waals surface area (Å²) < 4.78 is 17.1. The predicted molar refractivity (Wildman–Crippen MR) is 135 cm³/mol. The Bertz CT molecular complexity index is 1340. The lowest BCUT2D eigenvalue weighted by molar-refractivity contribution is -0.115. The van der Waals surface area contributed by atoms with Crippen molar-refractivity contribution >= 4 is 40.5 Å². The Morgan fingerprint density at radius 1 is 0.971 bits per heavy atom. The zero-order chi connectivity index (χ0) is 24.0. The van der Waals surface area contributed by atoms with Crippen molar-refractivity contribution < 1.29 is 23.8 Å². The molecular formula is C26H20N2O5S2. The van der Waals surface area contributed by atoms with Crippen LogP contribution in [0.3, 0.4) is 0 Å². The van der Waals surface area contributed by atoms with Crippen LogP contribution in [0.2, 0.25) is 0 Å². The van der Waals surface area contributed by atoms with E-state index in [9.17, 15) is 9.59 Å². The molecule has 9 heteroatoms. The van der Waals surface area contributed by atoms with Crippen molar-refractivity contribution in [1.29, 1.82) is 0 Å². The molecule has 0 unspecified atom stereocenters. The number of amides is 1. The molecule has 0 bridgehead atoms. The molecule has 1 amide bonds. The number of ether oxygens (including phenoxy) is 3. The molecule has 2 heterocycles. The molecule has 3 aromatic carbocycles. The zero-order valence-electron chi connectivity index (χ0n) is 18.4. The summed E-state index contributed by atoms with van der Waals surface area (Å²) in [7, 11) is 0. The SMILES string of the molecule is O=C(Cc1csc(SCC(=O)c2ccc3c(c2)OCO3)n1)Nc1ccc(Oc2ccccc2)cc1. The summed E-state index contributed by atoms with van der Waals surface area (Å²) in [4.78, 5) is 29.4. The molecule has 35 heavy (non-hydrogen) atoms. The number of aromatic nitrogens is 1. The van der Waals surface area contributed by atoms with E-state index in [1.54, 1.807) is 42.5 Å². The number of nitrogens with one attached hydrogen (secondary N) is 1. The van der Waals surface area contributed by atoms with Crippen LogP contribution in [-0.2, 0) is 11.2 Å². The summed E-state index contributed by atoms with van der Waals surface area (Å²) in [6, 6.07) is 21.9. The molecule has 1 aliphatic rings. The maximum Gasteiger partial charge on any atom is 0.231 e. The van der Waals surface area contributed by atoms with E-state index < -0.39 is 0 Å². The van der Waals surface area contributed by atoms with Crippen LogP contribution in [-0.4, -0.2) is 29.2 Å². The highest BCUT2D eigenvalue weighted by atomic mass is 32.2. The minimum absolute atomic E-state index is 0.0255. The minimum atomic E-state index is -0.167. The zero-order valence-corrected chi connectivity index (χ0v) is 20.1. The van der Waals surface area contributed by atoms with Gasteiger partial charge in [0.2, 0.25) is 12.7 Å². The van der Waals surface area contributed by atoms with Gasteiger partial charge in [-0.25, -0.2) is 4.98 Å². The van der Waals surface area contributed by atoms with Crippen molar-refractivity contribution in [3.05, 3.63) is 89.4 Å². The summed E-state index contributed by atoms with van der Waals surface area (Å²) in [6.45, 7) is 0.172. The van der Waals surface area contributed by atoms with Gasteiger partial charge in [-0.3, -0.25) is 9.59 Å². The van der Waals surface area contributed by atoms with Gasteiger partial charge in [-0.1, -0.05) is 30.0 Å². The highest BCUT2D eigenvalue weighted by Gasteiger charge is 2.17. The maximum atomic E-state index is 12.5. The van der Waals surface area contributed by atoms with Crippen LogP contribution >= 0.6 is 23.1 Å². The number of thiazole rings is 1. The third kappa shape index (κ3) is 6.00. The number of thioether (sulfide) groups is 1. The highest BCUT2D eigenvalue weighted by molar-refractivity contribution is 8.01. The number of para-hydroxylation sites is 1. The molecule has 5 rings (SSSR count). The van der Waals surface area contributed by atoms with Gasteiger partial charge in [0.15, 0.2) is 21.6 Å². The second-order valence-corrected chi connectivity index (χ2v) is 9.63. The number of anilines is 1. The van der Waals surface area contributed by atoms with E-state index in [2.05, 4.69) is 10.3 Å². The Morgan fingerprint density at radius 3 is 2.57 bits per heavy atom. The molecule has 0 fully saturated rings. The number of nitrogens with zero attached hydrogens (tertiary/aromatic N) is 1. The molecule has 0 spiro atoms. The fourth-order valence-electron chi connectivity index (χ4n) is 3.32. The second kappa shape index (κ2) is 10.6. The molecule has 0 radical (unpaired) electrons. The molecular weight excluding hydrogens is 484 g/mol. The van der Waals surface area contributed by atoms with Crippen molar-refractivity contribution in [3.63, 3.8) is 0 Å². The first-order valence-electron chi connectivity index (χ1n) is 10.8.